The number of nitriles is 1. The Morgan fingerprint density at radius 2 is 1.94 bits per heavy atom. The van der Waals surface area contributed by atoms with Crippen LogP contribution >= 0.6 is 11.6 Å². The van der Waals surface area contributed by atoms with Crippen molar-refractivity contribution < 1.29 is 13.5 Å². The molecule has 0 bridgehead atoms. The predicted octanol–water partition coefficient (Wildman–Crippen LogP) is 3.70. The summed E-state index contributed by atoms with van der Waals surface area (Å²) in [6, 6.07) is 14.2. The van der Waals surface area contributed by atoms with Crippen molar-refractivity contribution in [2.75, 3.05) is 13.1 Å². The third-order valence-corrected chi connectivity index (χ3v) is 8.48. The van der Waals surface area contributed by atoms with Crippen LogP contribution < -0.4 is 0 Å². The van der Waals surface area contributed by atoms with Crippen LogP contribution in [0.2, 0.25) is 5.02 Å². The van der Waals surface area contributed by atoms with Gasteiger partial charge in [-0.3, -0.25) is 9.58 Å². The first-order valence-electron chi connectivity index (χ1n) is 10.8. The van der Waals surface area contributed by atoms with E-state index < -0.39 is 21.3 Å². The lowest BCUT2D eigenvalue weighted by atomic mass is 10.0. The van der Waals surface area contributed by atoms with Gasteiger partial charge in [0, 0.05) is 24.3 Å². The first-order chi connectivity index (χ1) is 16.1. The molecule has 0 saturated carbocycles. The molecule has 1 aliphatic heterocycles. The Morgan fingerprint density at radius 3 is 2.50 bits per heavy atom. The zero-order valence-electron chi connectivity index (χ0n) is 18.9. The summed E-state index contributed by atoms with van der Waals surface area (Å²) in [5.74, 6) is 0. The van der Waals surface area contributed by atoms with Gasteiger partial charge in [0.15, 0.2) is 9.84 Å². The minimum absolute atomic E-state index is 0.212. The van der Waals surface area contributed by atoms with Crippen molar-refractivity contribution in [2.24, 2.45) is 0 Å². The van der Waals surface area contributed by atoms with Gasteiger partial charge in [-0.1, -0.05) is 35.9 Å². The molecule has 0 spiro atoms. The van der Waals surface area contributed by atoms with Crippen LogP contribution in [0, 0.1) is 25.2 Å². The third-order valence-electron chi connectivity index (χ3n) is 6.11. The zero-order valence-corrected chi connectivity index (χ0v) is 20.5. The van der Waals surface area contributed by atoms with Crippen molar-refractivity contribution in [1.82, 2.24) is 14.7 Å². The number of β-amino-alcohol motifs (C(OH)–C–C–N with tert-alkyl or cyclic N) is 1. The van der Waals surface area contributed by atoms with Crippen molar-refractivity contribution in [3.8, 4) is 17.2 Å². The van der Waals surface area contributed by atoms with Crippen LogP contribution in [-0.4, -0.2) is 52.8 Å². The number of rotatable bonds is 7. The highest BCUT2D eigenvalue weighted by Crippen LogP contribution is 2.31. The standard InChI is InChI=1S/C25H25ClN4O3S/c1-4-24(29-14-21(31)15-29)34(32,33)22-9-5-18(6-10-22)13-30-17(3)25(16(2)28-30)19-7-8-20(12-27)23(26)11-19/h4-11,21,24,31H,1,13-15H2,2-3H3. The summed E-state index contributed by atoms with van der Waals surface area (Å²) in [4.78, 5) is 1.90. The molecule has 34 heavy (non-hydrogen) atoms. The number of benzene rings is 2. The van der Waals surface area contributed by atoms with Crippen molar-refractivity contribution in [3.63, 3.8) is 0 Å². The molecule has 1 aliphatic rings. The molecule has 1 saturated heterocycles. The van der Waals surface area contributed by atoms with Crippen LogP contribution in [0.1, 0.15) is 22.5 Å². The summed E-state index contributed by atoms with van der Waals surface area (Å²) in [6.07, 6.45) is 0.910. The molecule has 1 unspecified atom stereocenters. The van der Waals surface area contributed by atoms with Gasteiger partial charge < -0.3 is 5.11 Å². The van der Waals surface area contributed by atoms with Crippen LogP contribution in [-0.2, 0) is 16.4 Å². The molecule has 7 nitrogen and oxygen atoms in total. The van der Waals surface area contributed by atoms with Crippen molar-refractivity contribution in [1.29, 1.82) is 5.26 Å². The van der Waals surface area contributed by atoms with E-state index in [1.165, 1.54) is 6.08 Å². The summed E-state index contributed by atoms with van der Waals surface area (Å²) in [7, 11) is -3.64. The normalized spacial score (nSPS) is 15.5. The van der Waals surface area contributed by atoms with Gasteiger partial charge in [-0.15, -0.1) is 6.58 Å². The SMILES string of the molecule is C=CC(N1CC(O)C1)S(=O)(=O)c1ccc(Cn2nc(C)c(-c3ccc(C#N)c(Cl)c3)c2C)cc1. The number of sulfone groups is 1. The minimum atomic E-state index is -3.64. The van der Waals surface area contributed by atoms with Crippen LogP contribution in [0.5, 0.6) is 0 Å². The van der Waals surface area contributed by atoms with E-state index in [1.807, 2.05) is 24.6 Å². The molecule has 1 N–H and O–H groups in total. The van der Waals surface area contributed by atoms with Gasteiger partial charge in [-0.25, -0.2) is 8.42 Å². The van der Waals surface area contributed by atoms with E-state index in [2.05, 4.69) is 17.7 Å². The zero-order chi connectivity index (χ0) is 24.6. The van der Waals surface area contributed by atoms with Crippen LogP contribution in [0.25, 0.3) is 11.1 Å². The fourth-order valence-electron chi connectivity index (χ4n) is 4.29. The van der Waals surface area contributed by atoms with E-state index >= 15 is 0 Å². The van der Waals surface area contributed by atoms with Gasteiger partial charge in [-0.05, 0) is 49.2 Å². The maximum Gasteiger partial charge on any atom is 0.198 e. The number of hydrogen-bond acceptors (Lipinski definition) is 6. The highest BCUT2D eigenvalue weighted by atomic mass is 35.5. The summed E-state index contributed by atoms with van der Waals surface area (Å²) in [5.41, 5.74) is 4.95. The number of hydrogen-bond donors (Lipinski definition) is 1. The molecule has 0 aliphatic carbocycles. The second-order valence-electron chi connectivity index (χ2n) is 8.43. The van der Waals surface area contributed by atoms with Gasteiger partial charge in [0.05, 0.1) is 33.8 Å². The van der Waals surface area contributed by atoms with Crippen molar-refractivity contribution in [2.45, 2.75) is 36.8 Å². The molecule has 176 valence electrons. The lowest BCUT2D eigenvalue weighted by molar-refractivity contribution is 0.00166. The molecule has 9 heteroatoms. The van der Waals surface area contributed by atoms with Gasteiger partial charge in [-0.2, -0.15) is 10.4 Å². The predicted molar refractivity (Wildman–Crippen MR) is 131 cm³/mol. The van der Waals surface area contributed by atoms with E-state index in [1.54, 1.807) is 41.3 Å². The van der Waals surface area contributed by atoms with Gasteiger partial charge in [0.2, 0.25) is 0 Å². The Morgan fingerprint density at radius 1 is 1.26 bits per heavy atom. The van der Waals surface area contributed by atoms with Gasteiger partial charge in [0.1, 0.15) is 11.4 Å². The first-order valence-corrected chi connectivity index (χ1v) is 12.7. The average molecular weight is 497 g/mol. The highest BCUT2D eigenvalue weighted by molar-refractivity contribution is 7.92. The molecule has 1 fully saturated rings. The lowest BCUT2D eigenvalue weighted by Crippen LogP contribution is -2.56. The summed E-state index contributed by atoms with van der Waals surface area (Å²) in [5, 5.41) is 22.8. The van der Waals surface area contributed by atoms with E-state index in [-0.39, 0.29) is 4.90 Å². The van der Waals surface area contributed by atoms with E-state index in [0.717, 1.165) is 28.1 Å². The summed E-state index contributed by atoms with van der Waals surface area (Å²) < 4.78 is 28.0. The molecule has 1 atom stereocenters. The molecule has 4 rings (SSSR count). The van der Waals surface area contributed by atoms with E-state index in [9.17, 15) is 13.5 Å². The Labute approximate surface area is 204 Å². The Bertz CT molecular complexity index is 1380. The van der Waals surface area contributed by atoms with Crippen LogP contribution in [0.15, 0.2) is 60.0 Å². The van der Waals surface area contributed by atoms with E-state index in [4.69, 9.17) is 16.9 Å². The summed E-state index contributed by atoms with van der Waals surface area (Å²) in [6.45, 7) is 8.67. The van der Waals surface area contributed by atoms with Crippen LogP contribution in [0.4, 0.5) is 0 Å². The van der Waals surface area contributed by atoms with Crippen molar-refractivity contribution >= 4 is 21.4 Å². The Balaban J connectivity index is 1.56. The first kappa shape index (κ1) is 24.2. The Kier molecular flexibility index (Phi) is 6.65. The van der Waals surface area contributed by atoms with E-state index in [0.29, 0.717) is 30.2 Å². The molecule has 2 heterocycles. The maximum atomic E-state index is 13.1. The highest BCUT2D eigenvalue weighted by Gasteiger charge is 2.37. The largest absolute Gasteiger partial charge is 0.390 e. The molecule has 2 aromatic carbocycles. The molecule has 3 aromatic rings. The Hall–Kier alpha value is -2.96. The monoisotopic (exact) mass is 496 g/mol. The molecular weight excluding hydrogens is 472 g/mol. The number of likely N-dealkylation sites (tertiary alicyclic amines) is 1. The second kappa shape index (κ2) is 9.35. The number of halogens is 1. The number of aromatic nitrogens is 2. The molecule has 1 aromatic heterocycles. The smallest absolute Gasteiger partial charge is 0.198 e. The van der Waals surface area contributed by atoms with Gasteiger partial charge in [0.25, 0.3) is 0 Å². The molecular formula is C25H25ClN4O3S. The number of aliphatic hydroxyl groups is 1. The van der Waals surface area contributed by atoms with Gasteiger partial charge >= 0.3 is 0 Å². The average Bonchev–Trinajstić information content (AvgIpc) is 3.06. The number of aliphatic hydroxyl groups excluding tert-OH is 1. The molecule has 0 radical (unpaired) electrons. The fourth-order valence-corrected chi connectivity index (χ4v) is 6.13. The fraction of sp³-hybridized carbons (Fsp3) is 0.280. The minimum Gasteiger partial charge on any atom is -0.390 e. The quantitative estimate of drug-likeness (QED) is 0.501. The lowest BCUT2D eigenvalue weighted by Gasteiger charge is -2.40. The topological polar surface area (TPSA) is 99.2 Å². The number of aryl methyl sites for hydroxylation is 1. The molecule has 0 amide bonds. The second-order valence-corrected chi connectivity index (χ2v) is 10.9. The van der Waals surface area contributed by atoms with Crippen molar-refractivity contribution in [3.05, 3.63) is 82.7 Å². The number of nitrogens with zero attached hydrogens (tertiary/aromatic N) is 4. The van der Waals surface area contributed by atoms with Crippen LogP contribution in [0.3, 0.4) is 0 Å². The maximum absolute atomic E-state index is 13.1. The summed E-state index contributed by atoms with van der Waals surface area (Å²) >= 11 is 6.22. The third kappa shape index (κ3) is 4.40.